The van der Waals surface area contributed by atoms with Crippen LogP contribution in [-0.4, -0.2) is 36.4 Å². The van der Waals surface area contributed by atoms with Crippen LogP contribution < -0.4 is 0 Å². The summed E-state index contributed by atoms with van der Waals surface area (Å²) in [7, 11) is 0. The van der Waals surface area contributed by atoms with Crippen LogP contribution >= 0.6 is 0 Å². The van der Waals surface area contributed by atoms with Crippen LogP contribution in [0.5, 0.6) is 0 Å². The maximum atomic E-state index is 12.1. The molecule has 0 fully saturated rings. The summed E-state index contributed by atoms with van der Waals surface area (Å²) in [6.45, 7) is 4.11. The molecule has 5 heteroatoms. The highest BCUT2D eigenvalue weighted by molar-refractivity contribution is 5.70. The lowest BCUT2D eigenvalue weighted by Gasteiger charge is -2.15. The molecule has 0 aliphatic rings. The van der Waals surface area contributed by atoms with Crippen LogP contribution in [0.25, 0.3) is 0 Å². The summed E-state index contributed by atoms with van der Waals surface area (Å²) in [6.07, 6.45) is 34.0. The molecule has 0 rings (SSSR count). The van der Waals surface area contributed by atoms with Crippen molar-refractivity contribution in [3.05, 3.63) is 12.2 Å². The number of esters is 2. The minimum absolute atomic E-state index is 0.0638. The number of hydrogen-bond acceptors (Lipinski definition) is 5. The second-order valence-corrected chi connectivity index (χ2v) is 11.6. The molecule has 5 nitrogen and oxygen atoms in total. The topological polar surface area (TPSA) is 72.8 Å². The molecule has 40 heavy (non-hydrogen) atoms. The van der Waals surface area contributed by atoms with E-state index in [-0.39, 0.29) is 25.2 Å². The van der Waals surface area contributed by atoms with E-state index in [1.54, 1.807) is 0 Å². The highest BCUT2D eigenvalue weighted by atomic mass is 16.6. The number of carbonyl (C=O) groups is 2. The van der Waals surface area contributed by atoms with E-state index in [2.05, 4.69) is 26.0 Å². The fourth-order valence-electron chi connectivity index (χ4n) is 4.90. The summed E-state index contributed by atoms with van der Waals surface area (Å²) in [5, 5.41) is 9.50. The minimum Gasteiger partial charge on any atom is -0.462 e. The molecule has 0 aliphatic heterocycles. The molecule has 1 N–H and O–H groups in total. The third-order valence-electron chi connectivity index (χ3n) is 7.56. The van der Waals surface area contributed by atoms with E-state index in [4.69, 9.17) is 9.47 Å². The Balaban J connectivity index is 3.57. The van der Waals surface area contributed by atoms with E-state index >= 15 is 0 Å². The molecule has 0 aliphatic carbocycles. The number of aliphatic hydroxyl groups is 1. The summed E-state index contributed by atoms with van der Waals surface area (Å²) in [4.78, 5) is 24.1. The van der Waals surface area contributed by atoms with Crippen LogP contribution in [0, 0.1) is 0 Å². The van der Waals surface area contributed by atoms with Gasteiger partial charge in [0, 0.05) is 12.8 Å². The molecule has 0 aromatic rings. The van der Waals surface area contributed by atoms with Crippen LogP contribution in [0.4, 0.5) is 0 Å². The molecule has 1 unspecified atom stereocenters. The number of rotatable bonds is 31. The first-order chi connectivity index (χ1) is 19.6. The Bertz CT molecular complexity index is 574. The van der Waals surface area contributed by atoms with E-state index in [0.717, 1.165) is 44.9 Å². The lowest BCUT2D eigenvalue weighted by atomic mass is 10.0. The molecule has 0 radical (unpaired) electrons. The second kappa shape index (κ2) is 32.2. The zero-order valence-electron chi connectivity index (χ0n) is 26.6. The third-order valence-corrected chi connectivity index (χ3v) is 7.56. The molecule has 0 heterocycles. The number of allylic oxidation sites excluding steroid dienone is 2. The van der Waals surface area contributed by atoms with Gasteiger partial charge in [0.25, 0.3) is 0 Å². The van der Waals surface area contributed by atoms with Crippen LogP contribution in [0.2, 0.25) is 0 Å². The lowest BCUT2D eigenvalue weighted by Crippen LogP contribution is -2.28. The highest BCUT2D eigenvalue weighted by Gasteiger charge is 2.16. The summed E-state index contributed by atoms with van der Waals surface area (Å²) in [6, 6.07) is 0. The summed E-state index contributed by atoms with van der Waals surface area (Å²) in [5.41, 5.74) is 0. The first-order valence-electron chi connectivity index (χ1n) is 17.2. The highest BCUT2D eigenvalue weighted by Crippen LogP contribution is 2.14. The second-order valence-electron chi connectivity index (χ2n) is 11.6. The van der Waals surface area contributed by atoms with Crippen molar-refractivity contribution in [2.75, 3.05) is 13.2 Å². The predicted molar refractivity (Wildman–Crippen MR) is 168 cm³/mol. The smallest absolute Gasteiger partial charge is 0.306 e. The lowest BCUT2D eigenvalue weighted by molar-refractivity contribution is -0.161. The molecular formula is C35H66O5. The van der Waals surface area contributed by atoms with E-state index < -0.39 is 6.10 Å². The fraction of sp³-hybridized carbons (Fsp3) is 0.886. The molecule has 0 saturated heterocycles. The van der Waals surface area contributed by atoms with E-state index in [1.165, 1.54) is 109 Å². The Kier molecular flexibility index (Phi) is 31.1. The van der Waals surface area contributed by atoms with Crippen LogP contribution in [0.3, 0.4) is 0 Å². The first kappa shape index (κ1) is 38.6. The molecule has 0 aromatic carbocycles. The van der Waals surface area contributed by atoms with Crippen molar-refractivity contribution in [1.82, 2.24) is 0 Å². The van der Waals surface area contributed by atoms with Crippen molar-refractivity contribution < 1.29 is 24.2 Å². The first-order valence-corrected chi connectivity index (χ1v) is 17.2. The Morgan fingerprint density at radius 3 is 1.38 bits per heavy atom. The number of hydrogen-bond donors (Lipinski definition) is 1. The minimum atomic E-state index is -0.767. The van der Waals surface area contributed by atoms with E-state index in [1.807, 2.05) is 0 Å². The number of unbranched alkanes of at least 4 members (excludes halogenated alkanes) is 21. The molecule has 1 atom stereocenters. The van der Waals surface area contributed by atoms with Gasteiger partial charge in [0.1, 0.15) is 6.61 Å². The largest absolute Gasteiger partial charge is 0.462 e. The summed E-state index contributed by atoms with van der Waals surface area (Å²) in [5.74, 6) is -0.596. The monoisotopic (exact) mass is 566 g/mol. The summed E-state index contributed by atoms with van der Waals surface area (Å²) < 4.78 is 10.5. The number of carbonyl (C=O) groups excluding carboxylic acids is 2. The number of ether oxygens (including phenoxy) is 2. The van der Waals surface area contributed by atoms with Gasteiger partial charge in [-0.15, -0.1) is 0 Å². The normalized spacial score (nSPS) is 12.2. The van der Waals surface area contributed by atoms with Gasteiger partial charge in [-0.25, -0.2) is 0 Å². The van der Waals surface area contributed by atoms with Crippen LogP contribution in [0.1, 0.15) is 181 Å². The average molecular weight is 567 g/mol. The van der Waals surface area contributed by atoms with Gasteiger partial charge in [-0.2, -0.15) is 0 Å². The Morgan fingerprint density at radius 1 is 0.550 bits per heavy atom. The van der Waals surface area contributed by atoms with Gasteiger partial charge in [-0.05, 0) is 38.5 Å². The quantitative estimate of drug-likeness (QED) is 0.0513. The van der Waals surface area contributed by atoms with Gasteiger partial charge in [0.2, 0.25) is 0 Å². The van der Waals surface area contributed by atoms with Crippen LogP contribution in [0.15, 0.2) is 12.2 Å². The molecule has 0 saturated carbocycles. The van der Waals surface area contributed by atoms with Gasteiger partial charge in [0.05, 0.1) is 6.61 Å². The Morgan fingerprint density at radius 2 is 0.925 bits per heavy atom. The maximum Gasteiger partial charge on any atom is 0.306 e. The maximum absolute atomic E-state index is 12.1. The Hall–Kier alpha value is -1.36. The molecule has 0 bridgehead atoms. The van der Waals surface area contributed by atoms with Crippen molar-refractivity contribution in [2.24, 2.45) is 0 Å². The van der Waals surface area contributed by atoms with Crippen molar-refractivity contribution in [2.45, 2.75) is 187 Å². The van der Waals surface area contributed by atoms with Crippen molar-refractivity contribution in [3.8, 4) is 0 Å². The number of aliphatic hydroxyl groups excluding tert-OH is 1. The standard InChI is InChI=1S/C35H66O5/c1-3-5-7-9-11-13-15-17-19-21-23-25-27-29-34(37)39-32-33(31-36)40-35(38)30-28-26-24-22-20-18-16-14-12-10-8-6-4-2/h14,16,33,36H,3-13,15,17-32H2,1-2H3/b16-14-. The SMILES string of the molecule is CCCCCC/C=C\CCCCCCCC(=O)OC(CO)COC(=O)CCCCCCCCCCCCCCC. The van der Waals surface area contributed by atoms with E-state index in [0.29, 0.717) is 12.8 Å². The third kappa shape index (κ3) is 29.6. The predicted octanol–water partition coefficient (Wildman–Crippen LogP) is 10.2. The van der Waals surface area contributed by atoms with E-state index in [9.17, 15) is 14.7 Å². The zero-order chi connectivity index (χ0) is 29.4. The van der Waals surface area contributed by atoms with Gasteiger partial charge < -0.3 is 14.6 Å². The van der Waals surface area contributed by atoms with Gasteiger partial charge >= 0.3 is 11.9 Å². The van der Waals surface area contributed by atoms with Crippen molar-refractivity contribution >= 4 is 11.9 Å². The van der Waals surface area contributed by atoms with Gasteiger partial charge in [0.15, 0.2) is 6.10 Å². The van der Waals surface area contributed by atoms with Gasteiger partial charge in [-0.1, -0.05) is 142 Å². The molecular weight excluding hydrogens is 500 g/mol. The molecule has 0 spiro atoms. The van der Waals surface area contributed by atoms with Crippen molar-refractivity contribution in [3.63, 3.8) is 0 Å². The Labute approximate surface area is 248 Å². The summed E-state index contributed by atoms with van der Waals surface area (Å²) >= 11 is 0. The molecule has 236 valence electrons. The average Bonchev–Trinajstić information content (AvgIpc) is 2.96. The molecule has 0 aromatic heterocycles. The molecule has 0 amide bonds. The fourth-order valence-corrected chi connectivity index (χ4v) is 4.90. The van der Waals surface area contributed by atoms with Crippen molar-refractivity contribution in [1.29, 1.82) is 0 Å². The van der Waals surface area contributed by atoms with Gasteiger partial charge in [-0.3, -0.25) is 9.59 Å². The van der Waals surface area contributed by atoms with Crippen LogP contribution in [-0.2, 0) is 19.1 Å². The zero-order valence-corrected chi connectivity index (χ0v) is 26.6.